The zero-order valence-electron chi connectivity index (χ0n) is 20.6. The third-order valence-corrected chi connectivity index (χ3v) is 7.86. The van der Waals surface area contributed by atoms with Gasteiger partial charge >= 0.3 is 6.18 Å². The van der Waals surface area contributed by atoms with Crippen LogP contribution in [0.25, 0.3) is 0 Å². The highest BCUT2D eigenvalue weighted by molar-refractivity contribution is 8.22. The molecular formula is C27H35F3N2O2S2. The normalized spacial score (nSPS) is 16.4. The third-order valence-electron chi connectivity index (χ3n) is 6.19. The summed E-state index contributed by atoms with van der Waals surface area (Å²) in [6, 6.07) is 14.4. The molecule has 0 saturated carbocycles. The van der Waals surface area contributed by atoms with Gasteiger partial charge in [0.25, 0.3) is 0 Å². The Morgan fingerprint density at radius 2 is 1.69 bits per heavy atom. The van der Waals surface area contributed by atoms with Gasteiger partial charge in [-0.05, 0) is 49.7 Å². The molecule has 1 N–H and O–H groups in total. The average Bonchev–Trinajstić information content (AvgIpc) is 3.15. The number of hydrogen-bond donors (Lipinski definition) is 1. The van der Waals surface area contributed by atoms with Gasteiger partial charge in [0, 0.05) is 38.4 Å². The zero-order valence-corrected chi connectivity index (χ0v) is 22.3. The van der Waals surface area contributed by atoms with Crippen LogP contribution in [0.2, 0.25) is 0 Å². The number of aliphatic hydroxyl groups is 1. The van der Waals surface area contributed by atoms with E-state index < -0.39 is 17.8 Å². The second-order valence-electron chi connectivity index (χ2n) is 9.22. The number of likely N-dealkylation sites (tertiary alicyclic amines) is 1. The standard InChI is InChI=1S/C27H35F3N2O2S2/c1-31(19-23(33)20-36-26(35)32-16-7-2-3-8-17-32)18-15-25(21-9-5-4-6-10-21)34-24-13-11-22(12-14-24)27(28,29)30/h4-6,9-14,23,25,33H,2-3,7-8,15-20H2,1H3. The Labute approximate surface area is 221 Å². The molecule has 1 aliphatic heterocycles. The summed E-state index contributed by atoms with van der Waals surface area (Å²) in [5, 5.41) is 10.6. The van der Waals surface area contributed by atoms with E-state index in [4.69, 9.17) is 17.0 Å². The largest absolute Gasteiger partial charge is 0.486 e. The van der Waals surface area contributed by atoms with Crippen molar-refractivity contribution in [1.82, 2.24) is 9.80 Å². The zero-order chi connectivity index (χ0) is 26.0. The molecule has 0 aromatic heterocycles. The fourth-order valence-electron chi connectivity index (χ4n) is 4.20. The Bertz CT molecular complexity index is 921. The first kappa shape index (κ1) is 28.8. The quantitative estimate of drug-likeness (QED) is 0.351. The van der Waals surface area contributed by atoms with E-state index >= 15 is 0 Å². The lowest BCUT2D eigenvalue weighted by Gasteiger charge is -2.26. The lowest BCUT2D eigenvalue weighted by Crippen LogP contribution is -2.34. The molecule has 36 heavy (non-hydrogen) atoms. The van der Waals surface area contributed by atoms with E-state index in [-0.39, 0.29) is 6.10 Å². The highest BCUT2D eigenvalue weighted by Crippen LogP contribution is 2.32. The van der Waals surface area contributed by atoms with Crippen LogP contribution in [0.5, 0.6) is 5.75 Å². The molecule has 2 aromatic rings. The van der Waals surface area contributed by atoms with Gasteiger partial charge in [-0.2, -0.15) is 13.2 Å². The molecule has 0 radical (unpaired) electrons. The summed E-state index contributed by atoms with van der Waals surface area (Å²) < 4.78 is 45.6. The summed E-state index contributed by atoms with van der Waals surface area (Å²) in [4.78, 5) is 4.30. The topological polar surface area (TPSA) is 35.9 Å². The fraction of sp³-hybridized carbons (Fsp3) is 0.519. The molecule has 1 saturated heterocycles. The van der Waals surface area contributed by atoms with Crippen molar-refractivity contribution in [3.05, 3.63) is 65.7 Å². The Morgan fingerprint density at radius 1 is 1.06 bits per heavy atom. The molecule has 9 heteroatoms. The first-order valence-corrected chi connectivity index (χ1v) is 13.8. The van der Waals surface area contributed by atoms with Gasteiger partial charge < -0.3 is 19.6 Å². The second-order valence-corrected chi connectivity index (χ2v) is 10.9. The van der Waals surface area contributed by atoms with Crippen LogP contribution in [-0.2, 0) is 6.18 Å². The van der Waals surface area contributed by atoms with Crippen LogP contribution in [0.1, 0.15) is 49.3 Å². The summed E-state index contributed by atoms with van der Waals surface area (Å²) in [5.41, 5.74) is 0.248. The van der Waals surface area contributed by atoms with Crippen molar-refractivity contribution in [3.63, 3.8) is 0 Å². The first-order valence-electron chi connectivity index (χ1n) is 12.4. The molecule has 1 fully saturated rings. The van der Waals surface area contributed by atoms with Gasteiger partial charge in [-0.25, -0.2) is 0 Å². The van der Waals surface area contributed by atoms with Gasteiger partial charge in [-0.15, -0.1) is 0 Å². The number of thiocarbonyl (C=S) groups is 1. The van der Waals surface area contributed by atoms with Crippen LogP contribution in [0.4, 0.5) is 13.2 Å². The van der Waals surface area contributed by atoms with Crippen molar-refractivity contribution in [2.45, 2.75) is 50.5 Å². The van der Waals surface area contributed by atoms with Gasteiger partial charge in [-0.3, -0.25) is 0 Å². The molecule has 2 unspecified atom stereocenters. The van der Waals surface area contributed by atoms with Crippen molar-refractivity contribution in [3.8, 4) is 5.75 Å². The van der Waals surface area contributed by atoms with Gasteiger partial charge in [0.15, 0.2) is 0 Å². The number of aliphatic hydroxyl groups excluding tert-OH is 1. The third kappa shape index (κ3) is 9.57. The molecule has 1 heterocycles. The molecule has 0 amide bonds. The molecule has 0 aliphatic carbocycles. The highest BCUT2D eigenvalue weighted by Gasteiger charge is 2.30. The number of thioether (sulfide) groups is 1. The van der Waals surface area contributed by atoms with Crippen molar-refractivity contribution >= 4 is 28.3 Å². The molecule has 3 rings (SSSR count). The van der Waals surface area contributed by atoms with E-state index in [0.717, 1.165) is 35.1 Å². The van der Waals surface area contributed by atoms with Gasteiger partial charge in [0.05, 0.1) is 11.7 Å². The van der Waals surface area contributed by atoms with Crippen molar-refractivity contribution < 1.29 is 23.0 Å². The second kappa shape index (κ2) is 14.2. The van der Waals surface area contributed by atoms with Crippen LogP contribution < -0.4 is 4.74 Å². The Balaban J connectivity index is 1.50. The van der Waals surface area contributed by atoms with Crippen molar-refractivity contribution in [2.75, 3.05) is 39.0 Å². The molecule has 4 nitrogen and oxygen atoms in total. The fourth-order valence-corrected chi connectivity index (χ4v) is 5.39. The molecule has 198 valence electrons. The monoisotopic (exact) mass is 540 g/mol. The molecule has 0 spiro atoms. The molecule has 2 aromatic carbocycles. The number of ether oxygens (including phenoxy) is 1. The number of likely N-dealkylation sites (N-methyl/N-ethyl adjacent to an activating group) is 1. The number of rotatable bonds is 10. The summed E-state index contributed by atoms with van der Waals surface area (Å²) in [7, 11) is 1.95. The number of benzene rings is 2. The van der Waals surface area contributed by atoms with Crippen LogP contribution in [0, 0.1) is 0 Å². The van der Waals surface area contributed by atoms with Crippen LogP contribution in [0.15, 0.2) is 54.6 Å². The maximum absolute atomic E-state index is 12.9. The number of halogens is 3. The van der Waals surface area contributed by atoms with E-state index in [9.17, 15) is 18.3 Å². The van der Waals surface area contributed by atoms with Crippen LogP contribution >= 0.6 is 24.0 Å². The Hall–Kier alpha value is -1.81. The Morgan fingerprint density at radius 3 is 2.31 bits per heavy atom. The lowest BCUT2D eigenvalue weighted by atomic mass is 10.1. The molecule has 0 bridgehead atoms. The summed E-state index contributed by atoms with van der Waals surface area (Å²) in [6.07, 6.45) is 0.243. The van der Waals surface area contributed by atoms with E-state index in [1.807, 2.05) is 42.3 Å². The Kier molecular flexibility index (Phi) is 11.4. The average molecular weight is 541 g/mol. The summed E-state index contributed by atoms with van der Waals surface area (Å²) >= 11 is 7.13. The van der Waals surface area contributed by atoms with Crippen LogP contribution in [0.3, 0.4) is 0 Å². The van der Waals surface area contributed by atoms with Crippen LogP contribution in [-0.4, -0.2) is 64.3 Å². The summed E-state index contributed by atoms with van der Waals surface area (Å²) in [5.74, 6) is 0.932. The minimum absolute atomic E-state index is 0.326. The van der Waals surface area contributed by atoms with E-state index in [1.54, 1.807) is 11.8 Å². The smallest absolute Gasteiger partial charge is 0.416 e. The predicted molar refractivity (Wildman–Crippen MR) is 144 cm³/mol. The van der Waals surface area contributed by atoms with E-state index in [0.29, 0.717) is 31.0 Å². The SMILES string of the molecule is CN(CCC(Oc1ccc(C(F)(F)F)cc1)c1ccccc1)CC(O)CSC(=S)N1CCCCCC1. The molecule has 2 atom stereocenters. The molecular weight excluding hydrogens is 505 g/mol. The number of alkyl halides is 3. The highest BCUT2D eigenvalue weighted by atomic mass is 32.2. The van der Waals surface area contributed by atoms with E-state index in [2.05, 4.69) is 4.90 Å². The lowest BCUT2D eigenvalue weighted by molar-refractivity contribution is -0.137. The van der Waals surface area contributed by atoms with E-state index in [1.165, 1.54) is 37.8 Å². The number of hydrogen-bond acceptors (Lipinski definition) is 5. The van der Waals surface area contributed by atoms with Gasteiger partial charge in [-0.1, -0.05) is 67.2 Å². The minimum atomic E-state index is -4.38. The maximum Gasteiger partial charge on any atom is 0.416 e. The van der Waals surface area contributed by atoms with Gasteiger partial charge in [0.2, 0.25) is 0 Å². The van der Waals surface area contributed by atoms with Crippen molar-refractivity contribution in [2.24, 2.45) is 0 Å². The minimum Gasteiger partial charge on any atom is -0.486 e. The van der Waals surface area contributed by atoms with Gasteiger partial charge in [0.1, 0.15) is 16.2 Å². The molecule has 1 aliphatic rings. The predicted octanol–water partition coefficient (Wildman–Crippen LogP) is 6.40. The van der Waals surface area contributed by atoms with Crippen molar-refractivity contribution in [1.29, 1.82) is 0 Å². The summed E-state index contributed by atoms with van der Waals surface area (Å²) in [6.45, 7) is 3.15. The maximum atomic E-state index is 12.9. The first-order chi connectivity index (χ1) is 17.2. The number of nitrogens with zero attached hydrogens (tertiary/aromatic N) is 2.